The van der Waals surface area contributed by atoms with Crippen molar-refractivity contribution in [3.63, 3.8) is 0 Å². The Bertz CT molecular complexity index is 809. The van der Waals surface area contributed by atoms with Crippen molar-refractivity contribution in [1.29, 1.82) is 0 Å². The van der Waals surface area contributed by atoms with Gasteiger partial charge in [0.15, 0.2) is 0 Å². The molecule has 0 bridgehead atoms. The predicted molar refractivity (Wildman–Crippen MR) is 91.5 cm³/mol. The summed E-state index contributed by atoms with van der Waals surface area (Å²) in [5.41, 5.74) is 4.71. The second-order valence-corrected chi connectivity index (χ2v) is 6.60. The Labute approximate surface area is 143 Å². The van der Waals surface area contributed by atoms with Gasteiger partial charge in [-0.2, -0.15) is 0 Å². The number of carbonyl (C=O) groups excluding carboxylic acids is 1. The van der Waals surface area contributed by atoms with Crippen molar-refractivity contribution in [2.45, 2.75) is 18.9 Å². The molecule has 1 amide bonds. The Hall–Kier alpha value is -2.54. The molecule has 3 aromatic rings. The Morgan fingerprint density at radius 3 is 2.83 bits per heavy atom. The van der Waals surface area contributed by atoms with E-state index in [9.17, 15) is 4.79 Å². The number of thiazole rings is 1. The van der Waals surface area contributed by atoms with E-state index < -0.39 is 0 Å². The van der Waals surface area contributed by atoms with Gasteiger partial charge >= 0.3 is 0 Å². The molecule has 7 heteroatoms. The molecule has 0 N–H and O–H groups in total. The topological polar surface area (TPSA) is 63.9 Å². The third-order valence-electron chi connectivity index (χ3n) is 4.25. The summed E-state index contributed by atoms with van der Waals surface area (Å²) in [6.07, 6.45) is 3.19. The average molecular weight is 339 g/mol. The molecule has 1 aliphatic heterocycles. The van der Waals surface area contributed by atoms with Crippen molar-refractivity contribution >= 4 is 17.2 Å². The van der Waals surface area contributed by atoms with E-state index in [4.69, 9.17) is 0 Å². The van der Waals surface area contributed by atoms with Crippen LogP contribution in [0.4, 0.5) is 0 Å². The molecular weight excluding hydrogens is 322 g/mol. The average Bonchev–Trinajstić information content (AvgIpc) is 3.24. The molecule has 2 aromatic heterocycles. The molecule has 0 saturated carbocycles. The highest BCUT2D eigenvalue weighted by Gasteiger charge is 2.32. The molecule has 122 valence electrons. The molecule has 24 heavy (non-hydrogen) atoms. The van der Waals surface area contributed by atoms with E-state index in [2.05, 4.69) is 15.3 Å². The number of nitrogens with zero attached hydrogens (tertiary/aromatic N) is 5. The molecule has 1 fully saturated rings. The van der Waals surface area contributed by atoms with Crippen molar-refractivity contribution in [3.8, 4) is 11.3 Å². The number of carbonyl (C=O) groups is 1. The van der Waals surface area contributed by atoms with Gasteiger partial charge in [-0.1, -0.05) is 35.5 Å². The number of amides is 1. The maximum atomic E-state index is 12.2. The van der Waals surface area contributed by atoms with Crippen molar-refractivity contribution in [3.05, 3.63) is 53.1 Å². The lowest BCUT2D eigenvalue weighted by Crippen LogP contribution is -2.51. The molecule has 3 heterocycles. The molecule has 0 radical (unpaired) electrons. The van der Waals surface area contributed by atoms with Crippen molar-refractivity contribution in [2.75, 3.05) is 13.1 Å². The fraction of sp³-hybridized carbons (Fsp3) is 0.294. The number of hydrogen-bond donors (Lipinski definition) is 0. The van der Waals surface area contributed by atoms with Crippen LogP contribution in [0.15, 0.2) is 47.4 Å². The van der Waals surface area contributed by atoms with E-state index in [1.807, 2.05) is 51.5 Å². The second-order valence-electron chi connectivity index (χ2n) is 5.88. The standard InChI is InChI=1S/C17H17N5OS/c23-17(7-6-14-11-24-12-18-14)21-8-15(9-21)22-10-16(19-20-22)13-4-2-1-3-5-13/h1-5,10-12,15H,6-9H2. The molecule has 1 saturated heterocycles. The van der Waals surface area contributed by atoms with Crippen LogP contribution in [0.1, 0.15) is 18.2 Å². The van der Waals surface area contributed by atoms with E-state index in [-0.39, 0.29) is 11.9 Å². The van der Waals surface area contributed by atoms with Gasteiger partial charge in [0.2, 0.25) is 5.91 Å². The molecule has 0 spiro atoms. The van der Waals surface area contributed by atoms with E-state index in [1.165, 1.54) is 0 Å². The van der Waals surface area contributed by atoms with Gasteiger partial charge in [0.05, 0.1) is 23.4 Å². The van der Waals surface area contributed by atoms with Gasteiger partial charge in [-0.15, -0.1) is 16.4 Å². The van der Waals surface area contributed by atoms with Gasteiger partial charge in [-0.05, 0) is 6.42 Å². The van der Waals surface area contributed by atoms with Crippen LogP contribution in [0, 0.1) is 0 Å². The van der Waals surface area contributed by atoms with E-state index >= 15 is 0 Å². The smallest absolute Gasteiger partial charge is 0.223 e. The Kier molecular flexibility index (Phi) is 4.08. The van der Waals surface area contributed by atoms with Crippen molar-refractivity contribution < 1.29 is 4.79 Å². The quantitative estimate of drug-likeness (QED) is 0.716. The number of likely N-dealkylation sites (tertiary alicyclic amines) is 1. The van der Waals surface area contributed by atoms with Crippen LogP contribution in [0.25, 0.3) is 11.3 Å². The highest BCUT2D eigenvalue weighted by molar-refractivity contribution is 7.07. The van der Waals surface area contributed by atoms with Crippen molar-refractivity contribution in [2.24, 2.45) is 0 Å². The fourth-order valence-electron chi connectivity index (χ4n) is 2.78. The first-order valence-electron chi connectivity index (χ1n) is 7.92. The van der Waals surface area contributed by atoms with Gasteiger partial charge in [0.25, 0.3) is 0 Å². The predicted octanol–water partition coefficient (Wildman–Crippen LogP) is 2.42. The third-order valence-corrected chi connectivity index (χ3v) is 4.88. The second kappa shape index (κ2) is 6.52. The highest BCUT2D eigenvalue weighted by atomic mass is 32.1. The summed E-state index contributed by atoms with van der Waals surface area (Å²) in [6, 6.07) is 10.2. The number of aryl methyl sites for hydroxylation is 1. The lowest BCUT2D eigenvalue weighted by atomic mass is 10.1. The molecule has 0 atom stereocenters. The zero-order chi connectivity index (χ0) is 16.4. The highest BCUT2D eigenvalue weighted by Crippen LogP contribution is 2.24. The SMILES string of the molecule is O=C(CCc1cscn1)N1CC(n2cc(-c3ccccc3)nn2)C1. The zero-order valence-corrected chi connectivity index (χ0v) is 13.9. The third kappa shape index (κ3) is 3.07. The van der Waals surface area contributed by atoms with E-state index in [0.29, 0.717) is 25.9 Å². The molecule has 0 aliphatic carbocycles. The summed E-state index contributed by atoms with van der Waals surface area (Å²) in [7, 11) is 0. The number of aromatic nitrogens is 4. The largest absolute Gasteiger partial charge is 0.338 e. The minimum Gasteiger partial charge on any atom is -0.338 e. The minimum atomic E-state index is 0.183. The van der Waals surface area contributed by atoms with Crippen LogP contribution >= 0.6 is 11.3 Å². The van der Waals surface area contributed by atoms with Crippen LogP contribution in [0.5, 0.6) is 0 Å². The van der Waals surface area contributed by atoms with Gasteiger partial charge in [0.1, 0.15) is 5.69 Å². The normalized spacial score (nSPS) is 14.6. The summed E-state index contributed by atoms with van der Waals surface area (Å²) in [4.78, 5) is 18.3. The number of hydrogen-bond acceptors (Lipinski definition) is 5. The molecule has 6 nitrogen and oxygen atoms in total. The van der Waals surface area contributed by atoms with Gasteiger partial charge < -0.3 is 4.90 Å². The summed E-state index contributed by atoms with van der Waals surface area (Å²) in [5.74, 6) is 0.183. The Balaban J connectivity index is 1.31. The summed E-state index contributed by atoms with van der Waals surface area (Å²) < 4.78 is 1.87. The Morgan fingerprint density at radius 2 is 2.08 bits per heavy atom. The van der Waals surface area contributed by atoms with Crippen LogP contribution in [0.2, 0.25) is 0 Å². The maximum Gasteiger partial charge on any atom is 0.223 e. The Morgan fingerprint density at radius 1 is 1.25 bits per heavy atom. The lowest BCUT2D eigenvalue weighted by molar-refractivity contribution is -0.137. The molecular formula is C17H17N5OS. The van der Waals surface area contributed by atoms with E-state index in [0.717, 1.165) is 17.0 Å². The van der Waals surface area contributed by atoms with Crippen molar-refractivity contribution in [1.82, 2.24) is 24.9 Å². The first kappa shape index (κ1) is 15.0. The number of benzene rings is 1. The summed E-state index contributed by atoms with van der Waals surface area (Å²) in [5, 5.41) is 10.4. The van der Waals surface area contributed by atoms with Gasteiger partial charge in [-0.25, -0.2) is 9.67 Å². The van der Waals surface area contributed by atoms with Crippen LogP contribution < -0.4 is 0 Å². The minimum absolute atomic E-state index is 0.183. The lowest BCUT2D eigenvalue weighted by Gasteiger charge is -2.38. The van der Waals surface area contributed by atoms with Gasteiger partial charge in [-0.3, -0.25) is 4.79 Å². The first-order valence-corrected chi connectivity index (χ1v) is 8.86. The number of rotatable bonds is 5. The van der Waals surface area contributed by atoms with Crippen LogP contribution in [-0.4, -0.2) is 43.9 Å². The summed E-state index contributed by atoms with van der Waals surface area (Å²) in [6.45, 7) is 1.40. The molecule has 1 aliphatic rings. The van der Waals surface area contributed by atoms with E-state index in [1.54, 1.807) is 16.8 Å². The van der Waals surface area contributed by atoms with Crippen LogP contribution in [-0.2, 0) is 11.2 Å². The molecule has 4 rings (SSSR count). The van der Waals surface area contributed by atoms with Gasteiger partial charge in [0, 0.05) is 30.5 Å². The first-order chi connectivity index (χ1) is 11.8. The molecule has 0 unspecified atom stereocenters. The fourth-order valence-corrected chi connectivity index (χ4v) is 3.37. The molecule has 1 aromatic carbocycles. The maximum absolute atomic E-state index is 12.2. The zero-order valence-electron chi connectivity index (χ0n) is 13.1. The monoisotopic (exact) mass is 339 g/mol. The van der Waals surface area contributed by atoms with Crippen LogP contribution in [0.3, 0.4) is 0 Å². The summed E-state index contributed by atoms with van der Waals surface area (Å²) >= 11 is 1.56.